The summed E-state index contributed by atoms with van der Waals surface area (Å²) >= 11 is 10.9. The monoisotopic (exact) mass is 333 g/mol. The maximum absolute atomic E-state index is 11.7. The second-order valence-corrected chi connectivity index (χ2v) is 5.66. The molecule has 0 aliphatic rings. The lowest BCUT2D eigenvalue weighted by Crippen LogP contribution is -2.25. The molecule has 1 amide bonds. The first-order valence-corrected chi connectivity index (χ1v) is 7.39. The number of hydrogen-bond acceptors (Lipinski definition) is 2. The smallest absolute Gasteiger partial charge is 0.251 e. The van der Waals surface area contributed by atoms with E-state index in [1.54, 1.807) is 30.0 Å². The highest BCUT2D eigenvalue weighted by Crippen LogP contribution is 2.23. The van der Waals surface area contributed by atoms with Crippen molar-refractivity contribution in [1.82, 2.24) is 5.32 Å². The van der Waals surface area contributed by atoms with Crippen molar-refractivity contribution in [3.63, 3.8) is 0 Å². The molecule has 0 bridgehead atoms. The summed E-state index contributed by atoms with van der Waals surface area (Å²) in [4.78, 5) is 11.7. The summed E-state index contributed by atoms with van der Waals surface area (Å²) in [7, 11) is 0. The predicted molar refractivity (Wildman–Crippen MR) is 79.0 cm³/mol. The first-order valence-electron chi connectivity index (χ1n) is 5.07. The molecular formula is C12H13BrClNOS. The summed E-state index contributed by atoms with van der Waals surface area (Å²) < 4.78 is 0.729. The van der Waals surface area contributed by atoms with Crippen molar-refractivity contribution in [3.8, 4) is 0 Å². The van der Waals surface area contributed by atoms with E-state index in [0.717, 1.165) is 16.0 Å². The topological polar surface area (TPSA) is 29.1 Å². The second-order valence-electron chi connectivity index (χ2n) is 3.25. The Morgan fingerprint density at radius 3 is 3.00 bits per heavy atom. The molecule has 1 rings (SSSR count). The molecule has 0 aromatic heterocycles. The molecule has 1 N–H and O–H groups in total. The van der Waals surface area contributed by atoms with E-state index in [4.69, 9.17) is 11.6 Å². The van der Waals surface area contributed by atoms with Gasteiger partial charge in [0.2, 0.25) is 0 Å². The fraction of sp³-hybridized carbons (Fsp3) is 0.250. The molecule has 92 valence electrons. The molecule has 0 radical (unpaired) electrons. The minimum absolute atomic E-state index is 0.0819. The number of nitrogens with one attached hydrogen (secondary N) is 1. The van der Waals surface area contributed by atoms with Gasteiger partial charge in [-0.2, -0.15) is 11.8 Å². The average molecular weight is 335 g/mol. The molecule has 0 saturated carbocycles. The van der Waals surface area contributed by atoms with Crippen LogP contribution in [0.1, 0.15) is 10.4 Å². The van der Waals surface area contributed by atoms with E-state index < -0.39 is 0 Å². The minimum atomic E-state index is -0.0819. The van der Waals surface area contributed by atoms with Gasteiger partial charge in [0.25, 0.3) is 5.91 Å². The molecule has 2 nitrogen and oxygen atoms in total. The van der Waals surface area contributed by atoms with Crippen LogP contribution in [0.3, 0.4) is 0 Å². The van der Waals surface area contributed by atoms with Crippen molar-refractivity contribution < 1.29 is 4.79 Å². The number of halogens is 2. The second kappa shape index (κ2) is 7.80. The molecular weight excluding hydrogens is 322 g/mol. The molecule has 0 aliphatic heterocycles. The van der Waals surface area contributed by atoms with Gasteiger partial charge in [-0.15, -0.1) is 6.58 Å². The quantitative estimate of drug-likeness (QED) is 0.634. The Morgan fingerprint density at radius 2 is 2.35 bits per heavy atom. The van der Waals surface area contributed by atoms with Crippen molar-refractivity contribution in [2.45, 2.75) is 0 Å². The van der Waals surface area contributed by atoms with Crippen molar-refractivity contribution in [1.29, 1.82) is 0 Å². The van der Waals surface area contributed by atoms with Crippen molar-refractivity contribution in [3.05, 3.63) is 45.9 Å². The number of hydrogen-bond donors (Lipinski definition) is 1. The summed E-state index contributed by atoms with van der Waals surface area (Å²) in [6.07, 6.45) is 1.85. The molecule has 0 spiro atoms. The van der Waals surface area contributed by atoms with Gasteiger partial charge in [0.15, 0.2) is 0 Å². The van der Waals surface area contributed by atoms with Crippen LogP contribution < -0.4 is 5.32 Å². The third kappa shape index (κ3) is 5.15. The Morgan fingerprint density at radius 1 is 1.59 bits per heavy atom. The van der Waals surface area contributed by atoms with Crippen LogP contribution >= 0.6 is 39.3 Å². The van der Waals surface area contributed by atoms with Gasteiger partial charge in [0, 0.05) is 28.1 Å². The van der Waals surface area contributed by atoms with Gasteiger partial charge in [0.05, 0.1) is 5.02 Å². The summed E-state index contributed by atoms with van der Waals surface area (Å²) in [5, 5.41) is 3.45. The summed E-state index contributed by atoms with van der Waals surface area (Å²) in [6, 6.07) is 5.13. The summed E-state index contributed by atoms with van der Waals surface area (Å²) in [6.45, 7) is 4.28. The van der Waals surface area contributed by atoms with Crippen LogP contribution in [0.25, 0.3) is 0 Å². The van der Waals surface area contributed by atoms with E-state index in [1.807, 2.05) is 6.08 Å². The van der Waals surface area contributed by atoms with E-state index in [-0.39, 0.29) is 5.91 Å². The average Bonchev–Trinajstić information content (AvgIpc) is 2.32. The third-order valence-corrected chi connectivity index (χ3v) is 4.13. The Balaban J connectivity index is 2.41. The lowest BCUT2D eigenvalue weighted by atomic mass is 10.2. The first-order chi connectivity index (χ1) is 8.15. The van der Waals surface area contributed by atoms with E-state index in [9.17, 15) is 4.79 Å². The molecule has 0 atom stereocenters. The van der Waals surface area contributed by atoms with E-state index in [1.165, 1.54) is 0 Å². The van der Waals surface area contributed by atoms with Gasteiger partial charge >= 0.3 is 0 Å². The van der Waals surface area contributed by atoms with Gasteiger partial charge in [-0.3, -0.25) is 4.79 Å². The standard InChI is InChI=1S/C12H13BrClNOS/c1-2-6-17-7-5-15-12(16)9-3-4-11(14)10(13)8-9/h2-4,8H,1,5-7H2,(H,15,16). The molecule has 0 unspecified atom stereocenters. The van der Waals surface area contributed by atoms with Crippen molar-refractivity contribution >= 4 is 45.2 Å². The SMILES string of the molecule is C=CCSCCNC(=O)c1ccc(Cl)c(Br)c1. The van der Waals surface area contributed by atoms with Crippen LogP contribution in [0.4, 0.5) is 0 Å². The van der Waals surface area contributed by atoms with E-state index in [2.05, 4.69) is 27.8 Å². The Kier molecular flexibility index (Phi) is 6.70. The van der Waals surface area contributed by atoms with Crippen LogP contribution in [-0.2, 0) is 0 Å². The zero-order chi connectivity index (χ0) is 12.7. The number of carbonyl (C=O) groups is 1. The van der Waals surface area contributed by atoms with Crippen LogP contribution in [0.5, 0.6) is 0 Å². The van der Waals surface area contributed by atoms with Crippen molar-refractivity contribution in [2.24, 2.45) is 0 Å². The fourth-order valence-corrected chi connectivity index (χ4v) is 2.22. The highest BCUT2D eigenvalue weighted by Gasteiger charge is 2.06. The Bertz CT molecular complexity index is 411. The van der Waals surface area contributed by atoms with Gasteiger partial charge in [-0.05, 0) is 34.1 Å². The highest BCUT2D eigenvalue weighted by molar-refractivity contribution is 9.10. The lowest BCUT2D eigenvalue weighted by Gasteiger charge is -2.05. The number of carbonyl (C=O) groups excluding carboxylic acids is 1. The zero-order valence-corrected chi connectivity index (χ0v) is 12.4. The van der Waals surface area contributed by atoms with Gasteiger partial charge in [0.1, 0.15) is 0 Å². The van der Waals surface area contributed by atoms with E-state index >= 15 is 0 Å². The fourth-order valence-electron chi connectivity index (χ4n) is 1.14. The number of benzene rings is 1. The molecule has 1 aromatic rings. The highest BCUT2D eigenvalue weighted by atomic mass is 79.9. The summed E-state index contributed by atoms with van der Waals surface area (Å²) in [5.74, 6) is 1.70. The van der Waals surface area contributed by atoms with Gasteiger partial charge < -0.3 is 5.32 Å². The molecule has 5 heteroatoms. The number of amides is 1. The predicted octanol–water partition coefficient (Wildman–Crippen LogP) is 3.75. The summed E-state index contributed by atoms with van der Waals surface area (Å²) in [5.41, 5.74) is 0.606. The van der Waals surface area contributed by atoms with Crippen LogP contribution in [0.15, 0.2) is 35.3 Å². The van der Waals surface area contributed by atoms with Gasteiger partial charge in [-0.25, -0.2) is 0 Å². The molecule has 0 aliphatic carbocycles. The molecule has 0 saturated heterocycles. The maximum atomic E-state index is 11.7. The zero-order valence-electron chi connectivity index (χ0n) is 9.21. The Labute approximate surface area is 119 Å². The number of rotatable bonds is 6. The van der Waals surface area contributed by atoms with Crippen LogP contribution in [0, 0.1) is 0 Å². The molecule has 0 heterocycles. The lowest BCUT2D eigenvalue weighted by molar-refractivity contribution is 0.0956. The van der Waals surface area contributed by atoms with E-state index in [0.29, 0.717) is 17.1 Å². The van der Waals surface area contributed by atoms with Crippen molar-refractivity contribution in [2.75, 3.05) is 18.1 Å². The van der Waals surface area contributed by atoms with Gasteiger partial charge in [-0.1, -0.05) is 17.7 Å². The first kappa shape index (κ1) is 14.6. The molecule has 0 fully saturated rings. The third-order valence-electron chi connectivity index (χ3n) is 1.95. The Hall–Kier alpha value is -0.450. The molecule has 1 aromatic carbocycles. The number of thioether (sulfide) groups is 1. The van der Waals surface area contributed by atoms with Crippen LogP contribution in [0.2, 0.25) is 5.02 Å². The normalized spacial score (nSPS) is 10.0. The molecule has 17 heavy (non-hydrogen) atoms. The van der Waals surface area contributed by atoms with Crippen LogP contribution in [-0.4, -0.2) is 24.0 Å². The largest absolute Gasteiger partial charge is 0.351 e. The minimum Gasteiger partial charge on any atom is -0.351 e. The maximum Gasteiger partial charge on any atom is 0.251 e.